The van der Waals surface area contributed by atoms with E-state index >= 15 is 0 Å². The third-order valence-electron chi connectivity index (χ3n) is 14.9. The maximum Gasteiger partial charge on any atom is 0.407 e. The monoisotopic (exact) mass is 1230 g/mol. The van der Waals surface area contributed by atoms with Gasteiger partial charge in [0.15, 0.2) is 0 Å². The number of alkyl carbamates (subject to hydrolysis) is 2. The molecule has 2 heterocycles. The maximum atomic E-state index is 14.2. The predicted octanol–water partition coefficient (Wildman–Crippen LogP) is 5.31. The number of ketones is 1. The fourth-order valence-corrected chi connectivity index (χ4v) is 10.7. The summed E-state index contributed by atoms with van der Waals surface area (Å²) in [5, 5.41) is 16.5. The molecule has 8 atom stereocenters. The van der Waals surface area contributed by atoms with Gasteiger partial charge in [-0.25, -0.2) is 40.2 Å². The normalized spacial score (nSPS) is 22.0. The highest BCUT2D eigenvalue weighted by Gasteiger charge is 2.69. The van der Waals surface area contributed by atoms with Crippen molar-refractivity contribution in [3.05, 3.63) is 12.7 Å². The molecular weight excluding hydrogens is 1120 g/mol. The van der Waals surface area contributed by atoms with Crippen LogP contribution in [0.1, 0.15) is 170 Å². The molecular formula is C58H110N10O14S2. The van der Waals surface area contributed by atoms with Gasteiger partial charge in [-0.2, -0.15) is 0 Å². The molecule has 26 heteroatoms. The van der Waals surface area contributed by atoms with Gasteiger partial charge < -0.3 is 56.7 Å². The zero-order valence-electron chi connectivity index (χ0n) is 54.5. The second-order valence-electron chi connectivity index (χ2n) is 27.8. The average Bonchev–Trinajstić information content (AvgIpc) is 1.61. The summed E-state index contributed by atoms with van der Waals surface area (Å²) in [5.74, 6) is -2.75. The number of nitrogens with two attached hydrogens (primary N) is 1. The first-order valence-corrected chi connectivity index (χ1v) is 32.7. The van der Waals surface area contributed by atoms with E-state index in [-0.39, 0.29) is 90.9 Å². The van der Waals surface area contributed by atoms with Crippen LogP contribution in [0.4, 0.5) is 14.4 Å². The Kier molecular flexibility index (Phi) is 29.8. The Morgan fingerprint density at radius 1 is 0.786 bits per heavy atom. The lowest BCUT2D eigenvalue weighted by Crippen LogP contribution is -2.61. The minimum atomic E-state index is -3.51. The van der Waals surface area contributed by atoms with Crippen molar-refractivity contribution in [3.8, 4) is 0 Å². The number of nitrogens with one attached hydrogen (secondary N) is 7. The van der Waals surface area contributed by atoms with Crippen molar-refractivity contribution in [2.24, 2.45) is 39.2 Å². The Bertz CT molecular complexity index is 2420. The number of ether oxygens (including phenoxy) is 3. The van der Waals surface area contributed by atoms with Gasteiger partial charge in [-0.1, -0.05) is 108 Å². The Labute approximate surface area is 504 Å². The van der Waals surface area contributed by atoms with Crippen molar-refractivity contribution in [1.29, 1.82) is 0 Å². The van der Waals surface area contributed by atoms with Crippen LogP contribution in [0, 0.1) is 33.5 Å². The molecule has 0 radical (unpaired) electrons. The fraction of sp³-hybridized carbons (Fsp3) is 0.845. The number of Topliss-reactive ketones (excluding diaryl/α,β-unsaturated/α-hetero) is 1. The van der Waals surface area contributed by atoms with Crippen LogP contribution in [0.25, 0.3) is 0 Å². The van der Waals surface area contributed by atoms with Gasteiger partial charge in [0, 0.05) is 58.5 Å². The van der Waals surface area contributed by atoms with Crippen molar-refractivity contribution in [1.82, 2.24) is 45.8 Å². The molecule has 0 aromatic rings. The summed E-state index contributed by atoms with van der Waals surface area (Å²) in [6, 6.07) is -4.79. The van der Waals surface area contributed by atoms with Gasteiger partial charge >= 0.3 is 18.2 Å². The number of sulfonamides is 2. The number of fused-ring (bicyclic) bond motifs is 3. The van der Waals surface area contributed by atoms with Crippen molar-refractivity contribution in [3.63, 3.8) is 0 Å². The molecule has 9 N–H and O–H groups in total. The first-order valence-electron chi connectivity index (χ1n) is 29.5. The Morgan fingerprint density at radius 3 is 1.77 bits per heavy atom. The van der Waals surface area contributed by atoms with Gasteiger partial charge in [-0.05, 0) is 102 Å². The van der Waals surface area contributed by atoms with E-state index in [1.165, 1.54) is 22.3 Å². The number of urea groups is 1. The van der Waals surface area contributed by atoms with Crippen LogP contribution in [0.2, 0.25) is 0 Å². The fourth-order valence-electron chi connectivity index (χ4n) is 9.31. The van der Waals surface area contributed by atoms with Crippen LogP contribution >= 0.6 is 0 Å². The molecule has 0 spiro atoms. The second-order valence-corrected chi connectivity index (χ2v) is 32.3. The topological polar surface area (TPSA) is 332 Å². The van der Waals surface area contributed by atoms with E-state index < -0.39 is 103 Å². The summed E-state index contributed by atoms with van der Waals surface area (Å²) >= 11 is 0. The lowest BCUT2D eigenvalue weighted by Gasteiger charge is -2.36. The number of hydrogen-bond acceptors (Lipinski definition) is 15. The van der Waals surface area contributed by atoms with E-state index in [9.17, 15) is 50.4 Å². The van der Waals surface area contributed by atoms with E-state index in [2.05, 4.69) is 43.2 Å². The van der Waals surface area contributed by atoms with E-state index in [1.807, 2.05) is 96.9 Å². The van der Waals surface area contributed by atoms with Crippen LogP contribution in [0.3, 0.4) is 0 Å². The Balaban J connectivity index is 0.000000822. The van der Waals surface area contributed by atoms with Crippen LogP contribution in [-0.4, -0.2) is 180 Å². The lowest BCUT2D eigenvalue weighted by molar-refractivity contribution is -0.144. The molecule has 1 aliphatic carbocycles. The molecule has 0 aromatic heterocycles. The van der Waals surface area contributed by atoms with Gasteiger partial charge in [0.05, 0.1) is 30.2 Å². The number of piperidine rings is 1. The lowest BCUT2D eigenvalue weighted by atomic mass is 9.87. The first kappa shape index (κ1) is 77.4. The number of hydrogen-bond donors (Lipinski definition) is 8. The van der Waals surface area contributed by atoms with Gasteiger partial charge in [-0.15, -0.1) is 6.58 Å². The highest BCUT2D eigenvalue weighted by molar-refractivity contribution is 7.89. The highest BCUT2D eigenvalue weighted by Crippen LogP contribution is 2.65. The molecule has 3 rings (SSSR count). The van der Waals surface area contributed by atoms with Crippen molar-refractivity contribution in [2.75, 3.05) is 64.5 Å². The number of amides is 7. The first-order chi connectivity index (χ1) is 38.2. The molecule has 3 fully saturated rings. The predicted molar refractivity (Wildman–Crippen MR) is 327 cm³/mol. The molecule has 3 aliphatic rings. The van der Waals surface area contributed by atoms with Crippen LogP contribution in [0.15, 0.2) is 12.7 Å². The maximum absolute atomic E-state index is 14.2. The number of nitrogens with zero attached hydrogens (tertiary/aromatic N) is 2. The average molecular weight is 1240 g/mol. The van der Waals surface area contributed by atoms with Crippen LogP contribution < -0.4 is 42.4 Å². The Morgan fingerprint density at radius 2 is 1.30 bits per heavy atom. The van der Waals surface area contributed by atoms with Crippen LogP contribution in [0.5, 0.6) is 0 Å². The zero-order chi connectivity index (χ0) is 65.2. The van der Waals surface area contributed by atoms with Gasteiger partial charge in [-0.3, -0.25) is 19.2 Å². The van der Waals surface area contributed by atoms with Gasteiger partial charge in [0.25, 0.3) is 5.91 Å². The summed E-state index contributed by atoms with van der Waals surface area (Å²) in [6.45, 7) is 40.3. The second kappa shape index (κ2) is 32.4. The SMILES string of the molecule is C=CCNC(=O)C(=O)[C@@H]1CCCCCCCOC[C@H](NC(=O)N[C@H](CN(C)S(=O)(=O)CC)C(C)(C)C)C(=O)N2C[C@H]3[C@@H](C2C(=O)N1)C3(C)C.CC(C)(C)OC(=O)N[C@H](CN)C(C)(C)C.CCS(=O)(=O)NC[C@@H](NC(=O)OC(C)(C)C)C(C)(C)C. The highest BCUT2D eigenvalue weighted by atomic mass is 32.2. The number of rotatable bonds is 17. The molecule has 0 aromatic carbocycles. The minimum Gasteiger partial charge on any atom is -0.444 e. The van der Waals surface area contributed by atoms with E-state index in [1.54, 1.807) is 34.6 Å². The van der Waals surface area contributed by atoms with E-state index in [0.717, 1.165) is 25.7 Å². The number of carbonyl (C=O) groups is 7. The molecule has 84 heavy (non-hydrogen) atoms. The molecule has 2 saturated heterocycles. The smallest absolute Gasteiger partial charge is 0.407 e. The van der Waals surface area contributed by atoms with Gasteiger partial charge in [0.2, 0.25) is 37.6 Å². The molecule has 2 aliphatic heterocycles. The third kappa shape index (κ3) is 27.0. The standard InChI is InChI=1S/C34H58N6O8S.C13H28N2O4S.C11H24N2O2/c1-9-17-35-30(43)28(41)23-16-14-12-11-13-15-18-48-21-24(31(44)40-19-22-26(34(22,6)7)27(40)29(42)36-23)37-32(45)38-25(33(3,4)5)20-39(8)49(46,47)10-2;1-8-20(17,18)14-9-10(12(2,3)4)15-11(16)19-13(5,6)7;1-10(2,3)8(7-12)13-9(14)15-11(4,5)6/h9,22-27H,1,10-21H2,2-8H3,(H,35,43)(H,36,42)(H2,37,38,45);10,14H,8-9H2,1-7H3,(H,15,16);8H,7,12H2,1-6H3,(H,13,14)/t22-,23-,24-,25+,26-,27?;10-;8-/m011/s1. The summed E-state index contributed by atoms with van der Waals surface area (Å²) in [7, 11) is -5.33. The molecule has 1 saturated carbocycles. The summed E-state index contributed by atoms with van der Waals surface area (Å²) in [4.78, 5) is 92.3. The van der Waals surface area contributed by atoms with Crippen molar-refractivity contribution >= 4 is 61.8 Å². The number of likely N-dealkylation sites (N-methyl/N-ethyl adjacent to an activating group) is 1. The largest absolute Gasteiger partial charge is 0.444 e. The van der Waals surface area contributed by atoms with E-state index in [4.69, 9.17) is 19.9 Å². The van der Waals surface area contributed by atoms with E-state index in [0.29, 0.717) is 19.6 Å². The molecule has 1 unspecified atom stereocenters. The summed E-state index contributed by atoms with van der Waals surface area (Å²) < 4.78 is 67.9. The number of carbonyl (C=O) groups excluding carboxylic acids is 7. The Hall–Kier alpha value is -4.63. The van der Waals surface area contributed by atoms with Gasteiger partial charge in [0.1, 0.15) is 23.3 Å². The molecule has 7 amide bonds. The molecule has 488 valence electrons. The minimum absolute atomic E-state index is 0.0102. The molecule has 0 bridgehead atoms. The third-order valence-corrected chi connectivity index (χ3v) is 18.1. The molecule has 24 nitrogen and oxygen atoms in total. The van der Waals surface area contributed by atoms with Crippen molar-refractivity contribution < 1.29 is 64.6 Å². The quantitative estimate of drug-likeness (QED) is 0.0676. The summed E-state index contributed by atoms with van der Waals surface area (Å²) in [5.41, 5.74) is 3.43. The van der Waals surface area contributed by atoms with Crippen LogP contribution in [-0.2, 0) is 53.4 Å². The van der Waals surface area contributed by atoms with Crippen molar-refractivity contribution in [2.45, 2.75) is 218 Å². The zero-order valence-corrected chi connectivity index (χ0v) is 56.1. The summed E-state index contributed by atoms with van der Waals surface area (Å²) in [6.07, 6.45) is 4.65.